The maximum absolute atomic E-state index is 10.3. The van der Waals surface area contributed by atoms with Crippen LogP contribution in [0.1, 0.15) is 0 Å². The molecule has 0 unspecified atom stereocenters. The van der Waals surface area contributed by atoms with Crippen LogP contribution in [-0.4, -0.2) is 12.3 Å². The van der Waals surface area contributed by atoms with E-state index in [4.69, 9.17) is 25.8 Å². The van der Waals surface area contributed by atoms with Crippen LogP contribution >= 0.6 is 7.82 Å². The zero-order valence-electron chi connectivity index (χ0n) is 8.35. The van der Waals surface area contributed by atoms with Crippen LogP contribution in [0.5, 0.6) is 0 Å². The van der Waals surface area contributed by atoms with E-state index in [1.165, 1.54) is 24.3 Å². The number of hydrogen-bond acceptors (Lipinski definition) is 4. The number of ether oxygens (including phenoxy) is 1. The summed E-state index contributed by atoms with van der Waals surface area (Å²) in [4.78, 5) is 45.7. The van der Waals surface area contributed by atoms with Gasteiger partial charge in [0.2, 0.25) is 0 Å². The van der Waals surface area contributed by atoms with Crippen molar-refractivity contribution in [3.63, 3.8) is 0 Å². The molecule has 6 radical (unpaired) electrons. The highest BCUT2D eigenvalue weighted by molar-refractivity contribution is 7.44. The molecule has 0 heterocycles. The summed E-state index contributed by atoms with van der Waals surface area (Å²) in [5, 5.41) is 0. The fourth-order valence-corrected chi connectivity index (χ4v) is 0.354. The van der Waals surface area contributed by atoms with Crippen molar-refractivity contribution >= 4 is 20.1 Å². The summed E-state index contributed by atoms with van der Waals surface area (Å²) in [6, 6.07) is 0. The highest BCUT2D eigenvalue weighted by Crippen LogP contribution is 2.31. The number of aldehydes is 1. The maximum atomic E-state index is 10.3. The molecule has 0 rings (SSSR count). The molecule has 0 amide bonds. The predicted octanol–water partition coefficient (Wildman–Crippen LogP) is 1.18. The molecule has 17 heavy (non-hydrogen) atoms. The molecule has 0 aromatic heterocycles. The van der Waals surface area contributed by atoms with Crippen molar-refractivity contribution in [1.29, 1.82) is 0 Å². The van der Waals surface area contributed by atoms with Crippen LogP contribution in [0.4, 0.5) is 0 Å². The fourth-order valence-electron chi connectivity index (χ4n) is 0.354. The third-order valence-corrected chi connectivity index (χ3v) is 0.783. The molecule has 0 aliphatic heterocycles. The van der Waals surface area contributed by atoms with Crippen LogP contribution in [0.25, 0.3) is 0 Å². The lowest BCUT2D eigenvalue weighted by atomic mass is 10.4. The first kappa shape index (κ1) is 17.9. The lowest BCUT2D eigenvalue weighted by Gasteiger charge is -1.91. The van der Waals surface area contributed by atoms with Crippen LogP contribution in [0.15, 0.2) is 24.3 Å². The van der Waals surface area contributed by atoms with E-state index in [1.54, 1.807) is 6.08 Å². The quantitative estimate of drug-likeness (QED) is 0.241. The van der Waals surface area contributed by atoms with Crippen molar-refractivity contribution < 1.29 is 33.6 Å². The van der Waals surface area contributed by atoms with Crippen molar-refractivity contribution in [3.05, 3.63) is 43.6 Å². The third-order valence-electron chi connectivity index (χ3n) is 0.783. The van der Waals surface area contributed by atoms with Gasteiger partial charge in [0, 0.05) is 0 Å². The summed E-state index contributed by atoms with van der Waals surface area (Å²) >= 11 is 0. The summed E-state index contributed by atoms with van der Waals surface area (Å²) in [5.41, 5.74) is 0. The molecular formula is C9H7O7P. The van der Waals surface area contributed by atoms with Crippen LogP contribution in [0, 0.1) is 19.3 Å². The van der Waals surface area contributed by atoms with Gasteiger partial charge in [-0.3, -0.25) is 4.79 Å². The van der Waals surface area contributed by atoms with E-state index in [0.717, 1.165) is 6.61 Å². The second-order valence-corrected chi connectivity index (χ2v) is 2.93. The molecule has 0 aromatic rings. The summed E-state index contributed by atoms with van der Waals surface area (Å²) in [6.45, 7) is 5.84. The minimum atomic E-state index is -5.39. The van der Waals surface area contributed by atoms with Crippen molar-refractivity contribution in [1.82, 2.24) is 0 Å². The number of allylic oxidation sites excluding steroid dienone is 3. The third kappa shape index (κ3) is 31.4. The second-order valence-electron chi connectivity index (χ2n) is 2.04. The molecule has 0 aromatic carbocycles. The average Bonchev–Trinajstić information content (AvgIpc) is 2.20. The zero-order chi connectivity index (χ0) is 13.7. The SMILES string of the molecule is [CH]=[C]C(=O)O[CH]/C=C/C=C/C=O.[O]P([O])([O])=O. The number of rotatable bonds is 5. The van der Waals surface area contributed by atoms with Crippen molar-refractivity contribution in [2.75, 3.05) is 0 Å². The number of hydrogen-bond donors (Lipinski definition) is 0. The van der Waals surface area contributed by atoms with E-state index in [9.17, 15) is 9.59 Å². The molecule has 0 saturated carbocycles. The Balaban J connectivity index is 0. The Morgan fingerprint density at radius 1 is 1.12 bits per heavy atom. The lowest BCUT2D eigenvalue weighted by molar-refractivity contribution is -0.134. The van der Waals surface area contributed by atoms with Crippen LogP contribution in [0.2, 0.25) is 0 Å². The lowest BCUT2D eigenvalue weighted by Crippen LogP contribution is -1.95. The first-order valence-corrected chi connectivity index (χ1v) is 5.28. The number of esters is 1. The fraction of sp³-hybridized carbons (Fsp3) is 0. The van der Waals surface area contributed by atoms with Gasteiger partial charge in [-0.2, -0.15) is 0 Å². The topological polar surface area (TPSA) is 120 Å². The molecule has 0 N–H and O–H groups in total. The van der Waals surface area contributed by atoms with E-state index >= 15 is 0 Å². The van der Waals surface area contributed by atoms with Crippen molar-refractivity contribution in [3.8, 4) is 0 Å². The second kappa shape index (κ2) is 11.0. The summed E-state index contributed by atoms with van der Waals surface area (Å²) in [6.07, 6.45) is 8.16. The largest absolute Gasteiger partial charge is 0.558 e. The van der Waals surface area contributed by atoms with Gasteiger partial charge in [0.1, 0.15) is 6.29 Å². The molecule has 0 saturated heterocycles. The number of carbonyl (C=O) groups excluding carboxylic acids is 2. The van der Waals surface area contributed by atoms with E-state index in [-0.39, 0.29) is 0 Å². The molecule has 0 aliphatic carbocycles. The molecule has 90 valence electrons. The van der Waals surface area contributed by atoms with E-state index in [2.05, 4.69) is 4.74 Å². The monoisotopic (exact) mass is 258 g/mol. The Labute approximate surface area is 98.0 Å². The molecule has 0 fully saturated rings. The Hall–Kier alpha value is -1.53. The standard InChI is InChI=1S/C9H7O3.O4P/c1-2-9(11)12-8-6-4-3-5-7-10;1-5(2,3)4/h1,3-8H;/b2-1?,5-3+,6-4+;. The Morgan fingerprint density at radius 2 is 1.59 bits per heavy atom. The maximum Gasteiger partial charge on any atom is 0.558 e. The van der Waals surface area contributed by atoms with E-state index in [1.807, 2.05) is 0 Å². The Bertz CT molecular complexity index is 331. The summed E-state index contributed by atoms with van der Waals surface area (Å²) < 4.78 is 12.9. The normalized spacial score (nSPS) is 10.8. The van der Waals surface area contributed by atoms with Gasteiger partial charge >= 0.3 is 13.8 Å². The van der Waals surface area contributed by atoms with Gasteiger partial charge in [-0.05, 0) is 18.7 Å². The van der Waals surface area contributed by atoms with E-state index in [0.29, 0.717) is 6.29 Å². The molecule has 0 aliphatic rings. The molecule has 8 heteroatoms. The highest BCUT2D eigenvalue weighted by Gasteiger charge is 2.12. The van der Waals surface area contributed by atoms with E-state index < -0.39 is 13.8 Å². The van der Waals surface area contributed by atoms with Gasteiger partial charge in [-0.1, -0.05) is 12.2 Å². The zero-order valence-corrected chi connectivity index (χ0v) is 9.24. The summed E-state index contributed by atoms with van der Waals surface area (Å²) in [5.74, 6) is -0.751. The highest BCUT2D eigenvalue weighted by atomic mass is 31.2. The Morgan fingerprint density at radius 3 is 2.00 bits per heavy atom. The van der Waals surface area contributed by atoms with Crippen LogP contribution in [0.3, 0.4) is 0 Å². The number of carbonyl (C=O) groups is 2. The molecular weight excluding hydrogens is 251 g/mol. The predicted molar refractivity (Wildman–Crippen MR) is 51.9 cm³/mol. The van der Waals surface area contributed by atoms with Gasteiger partial charge in [0.05, 0.1) is 6.08 Å². The molecule has 0 spiro atoms. The van der Waals surface area contributed by atoms with Gasteiger partial charge in [0.25, 0.3) is 0 Å². The minimum Gasteiger partial charge on any atom is -0.450 e. The minimum absolute atomic E-state index is 0.637. The van der Waals surface area contributed by atoms with Gasteiger partial charge < -0.3 is 4.74 Å². The average molecular weight is 258 g/mol. The van der Waals surface area contributed by atoms with Gasteiger partial charge in [-0.15, -0.1) is 14.7 Å². The molecule has 0 bridgehead atoms. The smallest absolute Gasteiger partial charge is 0.450 e. The van der Waals surface area contributed by atoms with Crippen molar-refractivity contribution in [2.24, 2.45) is 0 Å². The molecule has 7 nitrogen and oxygen atoms in total. The van der Waals surface area contributed by atoms with Crippen molar-refractivity contribution in [2.45, 2.75) is 0 Å². The first-order chi connectivity index (χ1) is 7.81. The Kier molecular flexibility index (Phi) is 11.5. The van der Waals surface area contributed by atoms with Crippen LogP contribution < -0.4 is 0 Å². The van der Waals surface area contributed by atoms with Gasteiger partial charge in [-0.25, -0.2) is 9.36 Å². The molecule has 0 atom stereocenters. The van der Waals surface area contributed by atoms with Gasteiger partial charge in [0.15, 0.2) is 6.61 Å². The first-order valence-electron chi connectivity index (χ1n) is 3.82. The summed E-state index contributed by atoms with van der Waals surface area (Å²) in [7, 11) is -5.39. The van der Waals surface area contributed by atoms with Crippen LogP contribution in [-0.2, 0) is 33.6 Å².